The summed E-state index contributed by atoms with van der Waals surface area (Å²) in [5.74, 6) is -2.41. The lowest BCUT2D eigenvalue weighted by Gasteiger charge is -2.20. The van der Waals surface area contributed by atoms with Crippen LogP contribution in [0.25, 0.3) is 0 Å². The smallest absolute Gasteiger partial charge is 0.472 e. The molecule has 0 aromatic rings. The lowest BCUT2D eigenvalue weighted by atomic mass is 10.0. The van der Waals surface area contributed by atoms with Crippen LogP contribution in [0.2, 0.25) is 0 Å². The van der Waals surface area contributed by atoms with Crippen LogP contribution in [0.5, 0.6) is 0 Å². The standard InChI is InChI=1S/C49H88NO10P/c1-3-5-7-9-11-13-15-17-19-21-23-25-26-28-30-32-34-36-38-40-47(51)57-42-45(43-58-61(55,56)59-44-46(50)49(53)54)60-48(52)41-39-37-35-33-31-29-27-24-22-20-18-16-14-12-10-8-6-4-2/h11,13,17,19,23,25,28,30,45-46H,3-10,12,14-16,18,20-22,24,26-27,29,31-44,50H2,1-2H3,(H,53,54)(H,55,56)/b13-11-,19-17-,25-23-,30-28-/t45-,46+/m1/s1. The Morgan fingerprint density at radius 3 is 1.33 bits per heavy atom. The van der Waals surface area contributed by atoms with E-state index >= 15 is 0 Å². The minimum absolute atomic E-state index is 0.156. The molecule has 354 valence electrons. The Morgan fingerprint density at radius 1 is 0.508 bits per heavy atom. The first kappa shape index (κ1) is 58.4. The maximum absolute atomic E-state index is 12.7. The Kier molecular flexibility index (Phi) is 42.2. The highest BCUT2D eigenvalue weighted by atomic mass is 31.2. The number of carboxylic acids is 1. The van der Waals surface area contributed by atoms with E-state index in [0.717, 1.165) is 57.8 Å². The van der Waals surface area contributed by atoms with Gasteiger partial charge in [-0.1, -0.05) is 191 Å². The second-order valence-electron chi connectivity index (χ2n) is 16.2. The first-order chi connectivity index (χ1) is 29.6. The monoisotopic (exact) mass is 882 g/mol. The first-order valence-electron chi connectivity index (χ1n) is 24.2. The zero-order chi connectivity index (χ0) is 44.9. The van der Waals surface area contributed by atoms with Crippen molar-refractivity contribution in [2.24, 2.45) is 5.73 Å². The van der Waals surface area contributed by atoms with E-state index in [1.165, 1.54) is 116 Å². The van der Waals surface area contributed by atoms with Gasteiger partial charge in [0.2, 0.25) is 0 Å². The van der Waals surface area contributed by atoms with Gasteiger partial charge in [-0.2, -0.15) is 0 Å². The summed E-state index contributed by atoms with van der Waals surface area (Å²) < 4.78 is 32.8. The molecule has 0 saturated heterocycles. The highest BCUT2D eigenvalue weighted by Gasteiger charge is 2.28. The molecule has 3 atom stereocenters. The van der Waals surface area contributed by atoms with Gasteiger partial charge in [0.05, 0.1) is 13.2 Å². The third-order valence-corrected chi connectivity index (χ3v) is 11.3. The summed E-state index contributed by atoms with van der Waals surface area (Å²) in [5.41, 5.74) is 5.34. The normalized spacial score (nSPS) is 14.0. The first-order valence-corrected chi connectivity index (χ1v) is 25.7. The zero-order valence-electron chi connectivity index (χ0n) is 38.5. The highest BCUT2D eigenvalue weighted by Crippen LogP contribution is 2.43. The van der Waals surface area contributed by atoms with Gasteiger partial charge in [-0.15, -0.1) is 0 Å². The van der Waals surface area contributed by atoms with Gasteiger partial charge in [0.15, 0.2) is 6.10 Å². The molecule has 0 aliphatic carbocycles. The molecule has 12 heteroatoms. The van der Waals surface area contributed by atoms with Crippen LogP contribution in [-0.2, 0) is 37.5 Å². The molecule has 0 aromatic carbocycles. The molecule has 0 rings (SSSR count). The fourth-order valence-corrected chi connectivity index (χ4v) is 7.30. The maximum atomic E-state index is 12.7. The fourth-order valence-electron chi connectivity index (χ4n) is 6.52. The Labute approximate surface area is 371 Å². The summed E-state index contributed by atoms with van der Waals surface area (Å²) in [4.78, 5) is 46.1. The third-order valence-electron chi connectivity index (χ3n) is 10.3. The molecule has 61 heavy (non-hydrogen) atoms. The number of carbonyl (C=O) groups is 3. The number of carboxylic acid groups (broad SMARTS) is 1. The number of hydrogen-bond donors (Lipinski definition) is 3. The average molecular weight is 882 g/mol. The molecule has 0 heterocycles. The molecule has 0 fully saturated rings. The van der Waals surface area contributed by atoms with Crippen LogP contribution in [0, 0.1) is 0 Å². The summed E-state index contributed by atoms with van der Waals surface area (Å²) in [6.07, 6.45) is 50.3. The molecule has 1 unspecified atom stereocenters. The zero-order valence-corrected chi connectivity index (χ0v) is 39.4. The Bertz CT molecular complexity index is 1220. The summed E-state index contributed by atoms with van der Waals surface area (Å²) in [6.45, 7) is 2.77. The number of hydrogen-bond acceptors (Lipinski definition) is 9. The maximum Gasteiger partial charge on any atom is 0.472 e. The number of unbranched alkanes of at least 4 members (excludes halogenated alkanes) is 23. The molecule has 0 aliphatic rings. The van der Waals surface area contributed by atoms with Gasteiger partial charge in [-0.05, 0) is 57.8 Å². The minimum Gasteiger partial charge on any atom is -0.480 e. The number of phosphoric acid groups is 1. The fraction of sp³-hybridized carbons (Fsp3) is 0.776. The second kappa shape index (κ2) is 44.1. The van der Waals surface area contributed by atoms with Crippen LogP contribution in [0.15, 0.2) is 48.6 Å². The van der Waals surface area contributed by atoms with Gasteiger partial charge >= 0.3 is 25.7 Å². The van der Waals surface area contributed by atoms with E-state index in [1.54, 1.807) is 0 Å². The van der Waals surface area contributed by atoms with E-state index in [0.29, 0.717) is 12.8 Å². The Hall–Kier alpha value is -2.56. The van der Waals surface area contributed by atoms with Crippen LogP contribution >= 0.6 is 7.82 Å². The van der Waals surface area contributed by atoms with Crippen LogP contribution in [0.3, 0.4) is 0 Å². The van der Waals surface area contributed by atoms with E-state index in [2.05, 4.69) is 67.0 Å². The average Bonchev–Trinajstić information content (AvgIpc) is 3.24. The summed E-state index contributed by atoms with van der Waals surface area (Å²) >= 11 is 0. The van der Waals surface area contributed by atoms with E-state index in [4.69, 9.17) is 24.8 Å². The van der Waals surface area contributed by atoms with Gasteiger partial charge < -0.3 is 25.2 Å². The summed E-state index contributed by atoms with van der Waals surface area (Å²) in [7, 11) is -4.73. The van der Waals surface area contributed by atoms with Crippen LogP contribution < -0.4 is 5.73 Å². The predicted molar refractivity (Wildman–Crippen MR) is 249 cm³/mol. The number of ether oxygens (including phenoxy) is 2. The van der Waals surface area contributed by atoms with Crippen molar-refractivity contribution >= 4 is 25.7 Å². The van der Waals surface area contributed by atoms with Crippen LogP contribution in [0.1, 0.15) is 213 Å². The third kappa shape index (κ3) is 43.9. The molecule has 0 saturated carbocycles. The molecular weight excluding hydrogens is 794 g/mol. The van der Waals surface area contributed by atoms with Crippen molar-refractivity contribution in [1.29, 1.82) is 0 Å². The number of aliphatic carboxylic acids is 1. The molecule has 11 nitrogen and oxygen atoms in total. The molecule has 0 aliphatic heterocycles. The molecule has 0 radical (unpaired) electrons. The number of nitrogens with two attached hydrogens (primary N) is 1. The van der Waals surface area contributed by atoms with Gasteiger partial charge in [-0.3, -0.25) is 23.4 Å². The quantitative estimate of drug-likeness (QED) is 0.0230. The van der Waals surface area contributed by atoms with Crippen molar-refractivity contribution in [3.05, 3.63) is 48.6 Å². The minimum atomic E-state index is -4.73. The molecule has 0 aromatic heterocycles. The number of rotatable bonds is 45. The van der Waals surface area contributed by atoms with Gasteiger partial charge in [0.25, 0.3) is 0 Å². The SMILES string of the molecule is CCCCC/C=C\C/C=C\C/C=C\C/C=C\CCCCCC(=O)OC[C@H](COP(=O)(O)OC[C@H](N)C(=O)O)OC(=O)CCCCCCCCCCCCCCCCCCCC. The van der Waals surface area contributed by atoms with E-state index in [1.807, 2.05) is 0 Å². The second-order valence-corrected chi connectivity index (χ2v) is 17.7. The van der Waals surface area contributed by atoms with Gasteiger partial charge in [0, 0.05) is 12.8 Å². The molecular formula is C49H88NO10P. The molecule has 4 N–H and O–H groups in total. The highest BCUT2D eigenvalue weighted by molar-refractivity contribution is 7.47. The van der Waals surface area contributed by atoms with Gasteiger partial charge in [0.1, 0.15) is 12.6 Å². The molecule has 0 spiro atoms. The number of allylic oxidation sites excluding steroid dienone is 8. The van der Waals surface area contributed by atoms with Crippen molar-refractivity contribution in [1.82, 2.24) is 0 Å². The van der Waals surface area contributed by atoms with Gasteiger partial charge in [-0.25, -0.2) is 4.57 Å². The molecule has 0 bridgehead atoms. The van der Waals surface area contributed by atoms with E-state index in [-0.39, 0.29) is 19.4 Å². The van der Waals surface area contributed by atoms with E-state index in [9.17, 15) is 23.8 Å². The molecule has 0 amide bonds. The van der Waals surface area contributed by atoms with Crippen molar-refractivity contribution in [3.8, 4) is 0 Å². The largest absolute Gasteiger partial charge is 0.480 e. The lowest BCUT2D eigenvalue weighted by molar-refractivity contribution is -0.161. The van der Waals surface area contributed by atoms with Crippen molar-refractivity contribution < 1.29 is 47.5 Å². The number of carbonyl (C=O) groups excluding carboxylic acids is 2. The van der Waals surface area contributed by atoms with Crippen molar-refractivity contribution in [3.63, 3.8) is 0 Å². The summed E-state index contributed by atoms with van der Waals surface area (Å²) in [6, 6.07) is -1.53. The topological polar surface area (TPSA) is 172 Å². The van der Waals surface area contributed by atoms with Crippen molar-refractivity contribution in [2.75, 3.05) is 19.8 Å². The number of esters is 2. The Balaban J connectivity index is 4.35. The predicted octanol–water partition coefficient (Wildman–Crippen LogP) is 13.3. The van der Waals surface area contributed by atoms with Crippen LogP contribution in [0.4, 0.5) is 0 Å². The summed E-state index contributed by atoms with van der Waals surface area (Å²) in [5, 5.41) is 8.91. The van der Waals surface area contributed by atoms with E-state index < -0.39 is 51.1 Å². The lowest BCUT2D eigenvalue weighted by Crippen LogP contribution is -2.34. The number of phosphoric ester groups is 1. The van der Waals surface area contributed by atoms with Crippen LogP contribution in [-0.4, -0.2) is 59.9 Å². The Morgan fingerprint density at radius 2 is 0.869 bits per heavy atom. The van der Waals surface area contributed by atoms with Crippen molar-refractivity contribution in [2.45, 2.75) is 225 Å².